The van der Waals surface area contributed by atoms with Crippen molar-refractivity contribution in [3.05, 3.63) is 42.1 Å². The van der Waals surface area contributed by atoms with E-state index in [0.717, 1.165) is 0 Å². The molecule has 2 atom stereocenters. The van der Waals surface area contributed by atoms with E-state index in [9.17, 15) is 9.90 Å². The van der Waals surface area contributed by atoms with Gasteiger partial charge in [0.05, 0.1) is 17.9 Å². The number of aliphatic hydroxyl groups excluding tert-OH is 1. The Morgan fingerprint density at radius 2 is 2.23 bits per heavy atom. The average Bonchev–Trinajstić information content (AvgIpc) is 3.14. The Labute approximate surface area is 128 Å². The van der Waals surface area contributed by atoms with Gasteiger partial charge in [0.25, 0.3) is 5.91 Å². The minimum absolute atomic E-state index is 0.00134. The summed E-state index contributed by atoms with van der Waals surface area (Å²) in [5, 5.41) is 12.5. The summed E-state index contributed by atoms with van der Waals surface area (Å²) in [6.45, 7) is 2.92. The van der Waals surface area contributed by atoms with Crippen LogP contribution >= 0.6 is 0 Å². The van der Waals surface area contributed by atoms with E-state index < -0.39 is 0 Å². The van der Waals surface area contributed by atoms with Crippen LogP contribution in [-0.2, 0) is 0 Å². The lowest BCUT2D eigenvalue weighted by Gasteiger charge is -2.17. The fraction of sp³-hybridized carbons (Fsp3) is 0.400. The molecule has 2 N–H and O–H groups in total. The van der Waals surface area contributed by atoms with Gasteiger partial charge >= 0.3 is 0 Å². The summed E-state index contributed by atoms with van der Waals surface area (Å²) in [4.78, 5) is 22.7. The third kappa shape index (κ3) is 2.80. The van der Waals surface area contributed by atoms with E-state index >= 15 is 0 Å². The molecule has 1 aliphatic rings. The van der Waals surface area contributed by atoms with Crippen LogP contribution in [0.25, 0.3) is 0 Å². The van der Waals surface area contributed by atoms with E-state index in [4.69, 9.17) is 4.42 Å². The maximum Gasteiger partial charge on any atom is 0.255 e. The van der Waals surface area contributed by atoms with Crippen LogP contribution in [0.15, 0.2) is 35.2 Å². The number of nitrogens with zero attached hydrogens (tertiary/aromatic N) is 3. The van der Waals surface area contributed by atoms with E-state index in [1.54, 1.807) is 31.5 Å². The van der Waals surface area contributed by atoms with Crippen molar-refractivity contribution in [1.29, 1.82) is 0 Å². The second-order valence-electron chi connectivity index (χ2n) is 5.37. The second kappa shape index (κ2) is 6.15. The second-order valence-corrected chi connectivity index (χ2v) is 5.37. The summed E-state index contributed by atoms with van der Waals surface area (Å²) in [7, 11) is 0. The van der Waals surface area contributed by atoms with Crippen molar-refractivity contribution in [1.82, 2.24) is 15.3 Å². The molecule has 7 nitrogen and oxygen atoms in total. The van der Waals surface area contributed by atoms with Crippen LogP contribution in [0.1, 0.15) is 16.1 Å². The molecule has 0 bridgehead atoms. The van der Waals surface area contributed by atoms with Gasteiger partial charge in [0.15, 0.2) is 0 Å². The lowest BCUT2D eigenvalue weighted by molar-refractivity contribution is 0.0920. The van der Waals surface area contributed by atoms with E-state index in [0.29, 0.717) is 30.4 Å². The van der Waals surface area contributed by atoms with Crippen LogP contribution in [0.2, 0.25) is 0 Å². The van der Waals surface area contributed by atoms with Gasteiger partial charge in [-0.3, -0.25) is 4.79 Å². The Balaban J connectivity index is 1.71. The molecule has 3 heterocycles. The van der Waals surface area contributed by atoms with E-state index in [2.05, 4.69) is 15.3 Å². The molecule has 0 aliphatic carbocycles. The van der Waals surface area contributed by atoms with E-state index in [1.165, 1.54) is 6.26 Å². The quantitative estimate of drug-likeness (QED) is 0.859. The standard InChI is InChI=1S/C15H18N4O3/c1-10-12(3-6-22-10)14(21)18-13-8-19(7-11(13)9-20)15-16-4-2-5-17-15/h2-6,11,13,20H,7-9H2,1H3,(H,18,21)/t11-,13+/m0/s1. The highest BCUT2D eigenvalue weighted by Gasteiger charge is 2.35. The third-order valence-electron chi connectivity index (χ3n) is 3.93. The van der Waals surface area contributed by atoms with E-state index in [-0.39, 0.29) is 24.5 Å². The number of aliphatic hydroxyl groups is 1. The molecule has 1 aliphatic heterocycles. The number of aromatic nitrogens is 2. The Bertz CT molecular complexity index is 643. The molecular weight excluding hydrogens is 284 g/mol. The molecule has 0 saturated carbocycles. The first kappa shape index (κ1) is 14.5. The van der Waals surface area contributed by atoms with Crippen molar-refractivity contribution >= 4 is 11.9 Å². The maximum absolute atomic E-state index is 12.3. The number of nitrogens with one attached hydrogen (secondary N) is 1. The normalized spacial score (nSPS) is 21.1. The number of amides is 1. The summed E-state index contributed by atoms with van der Waals surface area (Å²) in [6, 6.07) is 3.24. The van der Waals surface area contributed by atoms with Crippen LogP contribution in [0.4, 0.5) is 5.95 Å². The van der Waals surface area contributed by atoms with Crippen LogP contribution in [-0.4, -0.2) is 46.7 Å². The summed E-state index contributed by atoms with van der Waals surface area (Å²) in [5.74, 6) is 0.946. The van der Waals surface area contributed by atoms with Gasteiger partial charge in [0.1, 0.15) is 5.76 Å². The number of carbonyl (C=O) groups excluding carboxylic acids is 1. The lowest BCUT2D eigenvalue weighted by atomic mass is 10.0. The highest BCUT2D eigenvalue weighted by Crippen LogP contribution is 2.21. The Kier molecular flexibility index (Phi) is 4.06. The number of anilines is 1. The summed E-state index contributed by atoms with van der Waals surface area (Å²) >= 11 is 0. The monoisotopic (exact) mass is 302 g/mol. The van der Waals surface area contributed by atoms with Crippen LogP contribution in [0.3, 0.4) is 0 Å². The minimum Gasteiger partial charge on any atom is -0.469 e. The van der Waals surface area contributed by atoms with Crippen molar-refractivity contribution in [3.63, 3.8) is 0 Å². The van der Waals surface area contributed by atoms with Gasteiger partial charge < -0.3 is 19.7 Å². The maximum atomic E-state index is 12.3. The molecule has 0 spiro atoms. The smallest absolute Gasteiger partial charge is 0.255 e. The number of furan rings is 1. The fourth-order valence-corrected chi connectivity index (χ4v) is 2.70. The SMILES string of the molecule is Cc1occc1C(=O)N[C@@H]1CN(c2ncccn2)C[C@H]1CO. The van der Waals surface area contributed by atoms with Gasteiger partial charge in [0, 0.05) is 38.0 Å². The lowest BCUT2D eigenvalue weighted by Crippen LogP contribution is -2.41. The number of hydrogen-bond acceptors (Lipinski definition) is 6. The predicted molar refractivity (Wildman–Crippen MR) is 79.5 cm³/mol. The van der Waals surface area contributed by atoms with Crippen molar-refractivity contribution in [2.75, 3.05) is 24.6 Å². The minimum atomic E-state index is -0.189. The van der Waals surface area contributed by atoms with Crippen molar-refractivity contribution in [2.24, 2.45) is 5.92 Å². The summed E-state index contributed by atoms with van der Waals surface area (Å²) < 4.78 is 5.15. The van der Waals surface area contributed by atoms with Crippen molar-refractivity contribution in [3.8, 4) is 0 Å². The molecule has 1 amide bonds. The molecule has 2 aromatic heterocycles. The van der Waals surface area contributed by atoms with Gasteiger partial charge in [-0.15, -0.1) is 0 Å². The molecule has 116 valence electrons. The van der Waals surface area contributed by atoms with Crippen LogP contribution in [0, 0.1) is 12.8 Å². The number of hydrogen-bond donors (Lipinski definition) is 2. The zero-order chi connectivity index (χ0) is 15.5. The molecular formula is C15H18N4O3. The number of aryl methyl sites for hydroxylation is 1. The first-order valence-corrected chi connectivity index (χ1v) is 7.17. The Morgan fingerprint density at radius 1 is 1.45 bits per heavy atom. The summed E-state index contributed by atoms with van der Waals surface area (Å²) in [5.41, 5.74) is 0.520. The molecule has 0 radical (unpaired) electrons. The third-order valence-corrected chi connectivity index (χ3v) is 3.93. The first-order valence-electron chi connectivity index (χ1n) is 7.17. The van der Waals surface area contributed by atoms with Gasteiger partial charge in [-0.25, -0.2) is 9.97 Å². The first-order chi connectivity index (χ1) is 10.7. The molecule has 22 heavy (non-hydrogen) atoms. The average molecular weight is 302 g/mol. The molecule has 1 fully saturated rings. The number of carbonyl (C=O) groups is 1. The predicted octanol–water partition coefficient (Wildman–Crippen LogP) is 0.605. The van der Waals surface area contributed by atoms with Gasteiger partial charge in [-0.2, -0.15) is 0 Å². The zero-order valence-electron chi connectivity index (χ0n) is 12.3. The molecule has 3 rings (SSSR count). The molecule has 7 heteroatoms. The summed E-state index contributed by atoms with van der Waals surface area (Å²) in [6.07, 6.45) is 4.85. The molecule has 0 unspecified atom stereocenters. The van der Waals surface area contributed by atoms with Gasteiger partial charge in [-0.1, -0.05) is 0 Å². The van der Waals surface area contributed by atoms with Crippen LogP contribution in [0.5, 0.6) is 0 Å². The molecule has 1 saturated heterocycles. The van der Waals surface area contributed by atoms with Crippen LogP contribution < -0.4 is 10.2 Å². The highest BCUT2D eigenvalue weighted by atomic mass is 16.3. The zero-order valence-corrected chi connectivity index (χ0v) is 12.3. The van der Waals surface area contributed by atoms with Crippen molar-refractivity contribution in [2.45, 2.75) is 13.0 Å². The van der Waals surface area contributed by atoms with E-state index in [1.807, 2.05) is 4.90 Å². The van der Waals surface area contributed by atoms with Gasteiger partial charge in [0.2, 0.25) is 5.95 Å². The molecule has 0 aromatic carbocycles. The van der Waals surface area contributed by atoms with Crippen molar-refractivity contribution < 1.29 is 14.3 Å². The highest BCUT2D eigenvalue weighted by molar-refractivity contribution is 5.95. The van der Waals surface area contributed by atoms with Gasteiger partial charge in [-0.05, 0) is 19.1 Å². The fourth-order valence-electron chi connectivity index (χ4n) is 2.70. The Morgan fingerprint density at radius 3 is 2.86 bits per heavy atom. The molecule has 2 aromatic rings. The topological polar surface area (TPSA) is 91.5 Å². The number of rotatable bonds is 4. The Hall–Kier alpha value is -2.41. The largest absolute Gasteiger partial charge is 0.469 e.